The Hall–Kier alpha value is -2.37. The molecule has 1 aromatic carbocycles. The number of phenols is 1. The zero-order valence-electron chi connectivity index (χ0n) is 16.3. The number of aromatic nitrogens is 2. The smallest absolute Gasteiger partial charge is 0.233 e. The predicted octanol–water partition coefficient (Wildman–Crippen LogP) is 4.55. The average Bonchev–Trinajstić information content (AvgIpc) is 2.64. The summed E-state index contributed by atoms with van der Waals surface area (Å²) in [6, 6.07) is 5.19. The first-order chi connectivity index (χ1) is 12.8. The molecule has 2 aromatic rings. The Morgan fingerprint density at radius 2 is 2.07 bits per heavy atom. The molecule has 0 fully saturated rings. The molecule has 1 atom stereocenters. The van der Waals surface area contributed by atoms with Gasteiger partial charge < -0.3 is 19.7 Å². The first kappa shape index (κ1) is 20.9. The fourth-order valence-electron chi connectivity index (χ4n) is 2.62. The maximum atomic E-state index is 13.5. The van der Waals surface area contributed by atoms with Crippen molar-refractivity contribution in [1.82, 2.24) is 9.97 Å². The van der Waals surface area contributed by atoms with E-state index in [1.54, 1.807) is 44.4 Å². The molecule has 2 N–H and O–H groups in total. The number of nitrogens with zero attached hydrogens (tertiary/aromatic N) is 2. The molecular formula is C19H26N3O4P. The summed E-state index contributed by atoms with van der Waals surface area (Å²) in [6.45, 7) is 7.56. The molecule has 7 nitrogen and oxygen atoms in total. The number of aromatic hydroxyl groups is 1. The van der Waals surface area contributed by atoms with E-state index in [2.05, 4.69) is 15.3 Å². The molecule has 8 heteroatoms. The van der Waals surface area contributed by atoms with Crippen LogP contribution in [0.15, 0.2) is 30.6 Å². The predicted molar refractivity (Wildman–Crippen MR) is 108 cm³/mol. The number of aryl methyl sites for hydroxylation is 2. The van der Waals surface area contributed by atoms with Crippen LogP contribution in [0.4, 0.5) is 5.95 Å². The Bertz CT molecular complexity index is 883. The first-order valence-corrected chi connectivity index (χ1v) is 10.5. The van der Waals surface area contributed by atoms with Gasteiger partial charge in [0.15, 0.2) is 11.5 Å². The molecule has 146 valence electrons. The van der Waals surface area contributed by atoms with E-state index in [4.69, 9.17) is 9.26 Å². The topological polar surface area (TPSA) is 93.6 Å². The lowest BCUT2D eigenvalue weighted by Crippen LogP contribution is -2.02. The van der Waals surface area contributed by atoms with E-state index >= 15 is 0 Å². The van der Waals surface area contributed by atoms with Gasteiger partial charge in [-0.15, -0.1) is 0 Å². The van der Waals surface area contributed by atoms with E-state index in [9.17, 15) is 9.67 Å². The van der Waals surface area contributed by atoms with Crippen LogP contribution in [0.25, 0.3) is 5.31 Å². The zero-order chi connectivity index (χ0) is 20.0. The standard InChI is InChI=1S/C19H26N3O4P/c1-6-26-27(24,7-2)17(12-21-19-20-9-8-14(4)22-19)15-10-13(3)18(23)16(11-15)25-5/h8-12,23H,6-7H2,1-5H3,(H,20,21,22). The maximum absolute atomic E-state index is 13.5. The van der Waals surface area contributed by atoms with E-state index in [0.717, 1.165) is 5.69 Å². The molecule has 27 heavy (non-hydrogen) atoms. The summed E-state index contributed by atoms with van der Waals surface area (Å²) in [4.78, 5) is 8.46. The minimum Gasteiger partial charge on any atom is -0.504 e. The molecule has 0 saturated heterocycles. The second-order valence-electron chi connectivity index (χ2n) is 5.95. The van der Waals surface area contributed by atoms with Crippen molar-refractivity contribution < 1.29 is 18.9 Å². The number of ether oxygens (including phenoxy) is 1. The second kappa shape index (κ2) is 9.02. The van der Waals surface area contributed by atoms with Crippen molar-refractivity contribution in [1.29, 1.82) is 0 Å². The van der Waals surface area contributed by atoms with Gasteiger partial charge in [-0.1, -0.05) is 6.92 Å². The van der Waals surface area contributed by atoms with Crippen LogP contribution in [0.5, 0.6) is 11.5 Å². The Balaban J connectivity index is 2.58. The highest BCUT2D eigenvalue weighted by atomic mass is 31.2. The average molecular weight is 391 g/mol. The third-order valence-corrected chi connectivity index (χ3v) is 6.66. The summed E-state index contributed by atoms with van der Waals surface area (Å²) in [5.74, 6) is 0.759. The summed E-state index contributed by atoms with van der Waals surface area (Å²) in [7, 11) is -1.67. The lowest BCUT2D eigenvalue weighted by molar-refractivity contribution is 0.342. The molecule has 0 aliphatic heterocycles. The van der Waals surface area contributed by atoms with Gasteiger partial charge in [0.2, 0.25) is 13.3 Å². The van der Waals surface area contributed by atoms with Crippen LogP contribution < -0.4 is 10.1 Å². The van der Waals surface area contributed by atoms with Gasteiger partial charge >= 0.3 is 0 Å². The van der Waals surface area contributed by atoms with E-state index in [1.807, 2.05) is 13.8 Å². The normalized spacial score (nSPS) is 13.9. The van der Waals surface area contributed by atoms with Gasteiger partial charge in [0.1, 0.15) is 0 Å². The fourth-order valence-corrected chi connectivity index (χ4v) is 4.48. The minimum atomic E-state index is -3.14. The van der Waals surface area contributed by atoms with Gasteiger partial charge in [0, 0.05) is 24.3 Å². The monoisotopic (exact) mass is 391 g/mol. The number of benzene rings is 1. The van der Waals surface area contributed by atoms with Crippen LogP contribution in [0, 0.1) is 13.8 Å². The Morgan fingerprint density at radius 3 is 2.67 bits per heavy atom. The summed E-state index contributed by atoms with van der Waals surface area (Å²) < 4.78 is 24.4. The van der Waals surface area contributed by atoms with Crippen LogP contribution in [0.2, 0.25) is 0 Å². The molecule has 0 aliphatic rings. The van der Waals surface area contributed by atoms with E-state index in [1.165, 1.54) is 7.11 Å². The van der Waals surface area contributed by atoms with Gasteiger partial charge in [-0.2, -0.15) is 0 Å². The highest BCUT2D eigenvalue weighted by Gasteiger charge is 2.28. The molecule has 1 aromatic heterocycles. The summed E-state index contributed by atoms with van der Waals surface area (Å²) >= 11 is 0. The SMILES string of the molecule is CCOP(=O)(CC)C(=CNc1nccc(C)n1)c1cc(C)c(O)c(OC)c1. The zero-order valence-corrected chi connectivity index (χ0v) is 17.2. The number of methoxy groups -OCH3 is 1. The minimum absolute atomic E-state index is 0.0540. The molecule has 0 bridgehead atoms. The van der Waals surface area contributed by atoms with Crippen molar-refractivity contribution in [3.8, 4) is 11.5 Å². The Kier molecular flexibility index (Phi) is 6.99. The van der Waals surface area contributed by atoms with Crippen LogP contribution >= 0.6 is 7.37 Å². The van der Waals surface area contributed by atoms with Crippen LogP contribution in [-0.4, -0.2) is 35.0 Å². The van der Waals surface area contributed by atoms with E-state index < -0.39 is 7.37 Å². The Morgan fingerprint density at radius 1 is 1.33 bits per heavy atom. The molecule has 0 saturated carbocycles. The van der Waals surface area contributed by atoms with Crippen LogP contribution in [0.3, 0.4) is 0 Å². The quantitative estimate of drug-likeness (QED) is 0.638. The van der Waals surface area contributed by atoms with Crippen LogP contribution in [-0.2, 0) is 9.09 Å². The van der Waals surface area contributed by atoms with Crippen molar-refractivity contribution >= 4 is 18.6 Å². The molecular weight excluding hydrogens is 365 g/mol. The van der Waals surface area contributed by atoms with Gasteiger partial charge in [0.05, 0.1) is 19.0 Å². The number of phenolic OH excluding ortho intramolecular Hbond substituents is 1. The van der Waals surface area contributed by atoms with Crippen molar-refractivity contribution in [2.75, 3.05) is 25.2 Å². The lowest BCUT2D eigenvalue weighted by Gasteiger charge is -2.21. The number of nitrogens with one attached hydrogen (secondary N) is 1. The second-order valence-corrected chi connectivity index (χ2v) is 8.67. The maximum Gasteiger partial charge on any atom is 0.233 e. The highest BCUT2D eigenvalue weighted by Crippen LogP contribution is 2.59. The fraction of sp³-hybridized carbons (Fsp3) is 0.368. The van der Waals surface area contributed by atoms with Crippen molar-refractivity contribution in [2.24, 2.45) is 0 Å². The number of hydrogen-bond donors (Lipinski definition) is 2. The van der Waals surface area contributed by atoms with Crippen molar-refractivity contribution in [2.45, 2.75) is 27.7 Å². The molecule has 1 unspecified atom stereocenters. The van der Waals surface area contributed by atoms with E-state index in [0.29, 0.717) is 40.9 Å². The molecule has 2 rings (SSSR count). The molecule has 0 spiro atoms. The van der Waals surface area contributed by atoms with Crippen molar-refractivity contribution in [3.05, 3.63) is 47.4 Å². The lowest BCUT2D eigenvalue weighted by atomic mass is 10.1. The van der Waals surface area contributed by atoms with Gasteiger partial charge in [0.25, 0.3) is 0 Å². The first-order valence-electron chi connectivity index (χ1n) is 8.73. The Labute approximate surface area is 159 Å². The van der Waals surface area contributed by atoms with Crippen LogP contribution in [0.1, 0.15) is 30.7 Å². The van der Waals surface area contributed by atoms with Gasteiger partial charge in [-0.3, -0.25) is 4.57 Å². The summed E-state index contributed by atoms with van der Waals surface area (Å²) in [5, 5.41) is 13.6. The van der Waals surface area contributed by atoms with E-state index in [-0.39, 0.29) is 5.75 Å². The highest BCUT2D eigenvalue weighted by molar-refractivity contribution is 7.69. The largest absolute Gasteiger partial charge is 0.504 e. The third-order valence-electron chi connectivity index (χ3n) is 4.03. The molecule has 0 radical (unpaired) electrons. The third kappa shape index (κ3) is 4.87. The summed E-state index contributed by atoms with van der Waals surface area (Å²) in [5.41, 5.74) is 2.07. The number of rotatable bonds is 8. The molecule has 0 amide bonds. The van der Waals surface area contributed by atoms with Gasteiger partial charge in [-0.05, 0) is 50.1 Å². The van der Waals surface area contributed by atoms with Crippen molar-refractivity contribution in [3.63, 3.8) is 0 Å². The molecule has 1 heterocycles. The molecule has 0 aliphatic carbocycles. The number of anilines is 1. The summed E-state index contributed by atoms with van der Waals surface area (Å²) in [6.07, 6.45) is 3.58. The van der Waals surface area contributed by atoms with Gasteiger partial charge in [-0.25, -0.2) is 9.97 Å². The number of hydrogen-bond acceptors (Lipinski definition) is 7.